The van der Waals surface area contributed by atoms with Crippen LogP contribution in [0, 0.1) is 0 Å². The Hall–Kier alpha value is -2.22. The van der Waals surface area contributed by atoms with E-state index in [0.29, 0.717) is 13.0 Å². The lowest BCUT2D eigenvalue weighted by molar-refractivity contribution is -0.134. The number of thiophene rings is 2. The molecule has 0 fully saturated rings. The minimum atomic E-state index is -0.176. The van der Waals surface area contributed by atoms with Crippen LogP contribution in [0.25, 0.3) is 0 Å². The first-order chi connectivity index (χ1) is 13.2. The number of hydrogen-bond acceptors (Lipinski definition) is 6. The second-order valence-electron chi connectivity index (χ2n) is 6.38. The van der Waals surface area contributed by atoms with Crippen molar-refractivity contribution in [2.75, 3.05) is 13.1 Å². The van der Waals surface area contributed by atoms with Crippen LogP contribution in [-0.2, 0) is 11.3 Å². The van der Waals surface area contributed by atoms with Gasteiger partial charge in [-0.3, -0.25) is 9.69 Å². The number of carbonyl (C=O) groups is 1. The highest BCUT2D eigenvalue weighted by atomic mass is 32.1. The van der Waals surface area contributed by atoms with Crippen LogP contribution in [0.15, 0.2) is 62.9 Å². The Balaban J connectivity index is 1.53. The molecule has 0 saturated carbocycles. The smallest absolute Gasteiger partial charge is 0.257 e. The largest absolute Gasteiger partial charge is 0.467 e. The highest BCUT2D eigenvalue weighted by molar-refractivity contribution is 7.12. The fraction of sp³-hybridized carbons (Fsp3) is 0.300. The number of nitrogens with zero attached hydrogens (tertiary/aromatic N) is 3. The fourth-order valence-corrected chi connectivity index (χ4v) is 4.67. The van der Waals surface area contributed by atoms with Crippen LogP contribution < -0.4 is 0 Å². The van der Waals surface area contributed by atoms with Crippen LogP contribution in [0.2, 0.25) is 0 Å². The molecular weight excluding hydrogens is 378 g/mol. The van der Waals surface area contributed by atoms with Crippen molar-refractivity contribution in [3.63, 3.8) is 0 Å². The lowest BCUT2D eigenvalue weighted by Crippen LogP contribution is -2.37. The van der Waals surface area contributed by atoms with E-state index >= 15 is 0 Å². The van der Waals surface area contributed by atoms with Gasteiger partial charge in [0.05, 0.1) is 23.4 Å². The van der Waals surface area contributed by atoms with Gasteiger partial charge in [0, 0.05) is 17.8 Å². The molecule has 4 heterocycles. The molecule has 1 atom stereocenters. The van der Waals surface area contributed by atoms with Gasteiger partial charge in [0.25, 0.3) is 5.91 Å². The summed E-state index contributed by atoms with van der Waals surface area (Å²) in [5.41, 5.74) is 0.945. The van der Waals surface area contributed by atoms with Gasteiger partial charge >= 0.3 is 0 Å². The third-order valence-electron chi connectivity index (χ3n) is 4.61. The minimum absolute atomic E-state index is 0.00126. The van der Waals surface area contributed by atoms with Crippen molar-refractivity contribution in [3.05, 3.63) is 68.9 Å². The molecule has 27 heavy (non-hydrogen) atoms. The average molecular weight is 400 g/mol. The first-order valence-electron chi connectivity index (χ1n) is 8.96. The average Bonchev–Trinajstić information content (AvgIpc) is 3.48. The Morgan fingerprint density at radius 3 is 2.78 bits per heavy atom. The van der Waals surface area contributed by atoms with E-state index in [-0.39, 0.29) is 11.9 Å². The van der Waals surface area contributed by atoms with Crippen LogP contribution in [0.1, 0.15) is 34.9 Å². The van der Waals surface area contributed by atoms with E-state index in [9.17, 15) is 4.79 Å². The maximum atomic E-state index is 13.1. The second kappa shape index (κ2) is 8.21. The number of rotatable bonds is 7. The van der Waals surface area contributed by atoms with Crippen molar-refractivity contribution in [1.29, 1.82) is 0 Å². The van der Waals surface area contributed by atoms with Gasteiger partial charge in [-0.1, -0.05) is 19.1 Å². The van der Waals surface area contributed by atoms with Gasteiger partial charge in [-0.15, -0.1) is 22.7 Å². The second-order valence-corrected chi connectivity index (χ2v) is 8.36. The molecule has 1 unspecified atom stereocenters. The van der Waals surface area contributed by atoms with Gasteiger partial charge in [0.2, 0.25) is 0 Å². The molecular formula is C20H21N3O2S2. The molecule has 0 radical (unpaired) electrons. The first-order valence-corrected chi connectivity index (χ1v) is 10.7. The van der Waals surface area contributed by atoms with Crippen LogP contribution in [0.3, 0.4) is 0 Å². The van der Waals surface area contributed by atoms with E-state index in [1.807, 2.05) is 35.7 Å². The van der Waals surface area contributed by atoms with Crippen LogP contribution in [-0.4, -0.2) is 34.6 Å². The molecule has 0 bridgehead atoms. The van der Waals surface area contributed by atoms with E-state index < -0.39 is 0 Å². The third kappa shape index (κ3) is 4.05. The summed E-state index contributed by atoms with van der Waals surface area (Å²) >= 11 is 3.36. The molecule has 3 aromatic heterocycles. The van der Waals surface area contributed by atoms with E-state index in [1.165, 1.54) is 4.88 Å². The van der Waals surface area contributed by atoms with E-state index in [2.05, 4.69) is 28.4 Å². The minimum Gasteiger partial charge on any atom is -0.467 e. The summed E-state index contributed by atoms with van der Waals surface area (Å²) in [7, 11) is 0. The Bertz CT molecular complexity index is 886. The molecule has 0 spiro atoms. The molecule has 0 N–H and O–H groups in total. The summed E-state index contributed by atoms with van der Waals surface area (Å²) in [4.78, 5) is 17.6. The van der Waals surface area contributed by atoms with Crippen molar-refractivity contribution >= 4 is 34.3 Å². The highest BCUT2D eigenvalue weighted by Gasteiger charge is 2.35. The maximum Gasteiger partial charge on any atom is 0.257 e. The van der Waals surface area contributed by atoms with Crippen LogP contribution >= 0.6 is 22.7 Å². The number of hydrazone groups is 1. The van der Waals surface area contributed by atoms with Crippen LogP contribution in [0.5, 0.6) is 0 Å². The SMILES string of the molecule is CCN(CC(=O)N1N=C(c2cccs2)CC1c1ccco1)Cc1cccs1. The molecule has 1 aliphatic heterocycles. The Labute approximate surface area is 166 Å². The van der Waals surface area contributed by atoms with Crippen molar-refractivity contribution in [1.82, 2.24) is 9.91 Å². The number of carbonyl (C=O) groups excluding carboxylic acids is 1. The fourth-order valence-electron chi connectivity index (χ4n) is 3.20. The Morgan fingerprint density at radius 2 is 2.11 bits per heavy atom. The summed E-state index contributed by atoms with van der Waals surface area (Å²) in [6, 6.07) is 11.8. The maximum absolute atomic E-state index is 13.1. The van der Waals surface area contributed by atoms with E-state index in [4.69, 9.17) is 4.42 Å². The predicted octanol–water partition coefficient (Wildman–Crippen LogP) is 4.60. The van der Waals surface area contributed by atoms with Gasteiger partial charge in [-0.05, 0) is 41.6 Å². The van der Waals surface area contributed by atoms with Gasteiger partial charge < -0.3 is 4.42 Å². The molecule has 1 amide bonds. The lowest BCUT2D eigenvalue weighted by atomic mass is 10.1. The molecule has 1 aliphatic rings. The summed E-state index contributed by atoms with van der Waals surface area (Å²) < 4.78 is 5.60. The summed E-state index contributed by atoms with van der Waals surface area (Å²) in [6.45, 7) is 4.01. The van der Waals surface area contributed by atoms with Crippen molar-refractivity contribution in [2.45, 2.75) is 25.9 Å². The van der Waals surface area contributed by atoms with E-state index in [1.54, 1.807) is 33.9 Å². The lowest BCUT2D eigenvalue weighted by Gasteiger charge is -2.24. The number of likely N-dealkylation sites (N-methyl/N-ethyl adjacent to an activating group) is 1. The van der Waals surface area contributed by atoms with Crippen molar-refractivity contribution < 1.29 is 9.21 Å². The molecule has 3 aromatic rings. The molecule has 5 nitrogen and oxygen atoms in total. The van der Waals surface area contributed by atoms with Gasteiger partial charge in [-0.25, -0.2) is 5.01 Å². The van der Waals surface area contributed by atoms with Gasteiger partial charge in [0.1, 0.15) is 11.8 Å². The molecule has 0 aromatic carbocycles. The molecule has 4 rings (SSSR count). The summed E-state index contributed by atoms with van der Waals surface area (Å²) in [5, 5.41) is 10.4. The monoisotopic (exact) mass is 399 g/mol. The zero-order valence-corrected chi connectivity index (χ0v) is 16.7. The summed E-state index contributed by atoms with van der Waals surface area (Å²) in [6.07, 6.45) is 2.33. The molecule has 7 heteroatoms. The van der Waals surface area contributed by atoms with Crippen molar-refractivity contribution in [2.24, 2.45) is 5.10 Å². The topological polar surface area (TPSA) is 49.1 Å². The number of amides is 1. The van der Waals surface area contributed by atoms with E-state index in [0.717, 1.165) is 29.4 Å². The van der Waals surface area contributed by atoms with Gasteiger partial charge in [0.15, 0.2) is 0 Å². The quantitative estimate of drug-likeness (QED) is 0.583. The Kier molecular flexibility index (Phi) is 5.52. The predicted molar refractivity (Wildman–Crippen MR) is 109 cm³/mol. The standard InChI is InChI=1S/C20H21N3O2S2/c1-2-22(13-15-6-4-10-26-15)14-20(24)23-17(18-7-3-9-25-18)12-16(21-23)19-8-5-11-27-19/h3-11,17H,2,12-14H2,1H3. The number of furan rings is 1. The van der Waals surface area contributed by atoms with Gasteiger partial charge in [-0.2, -0.15) is 5.10 Å². The first kappa shape index (κ1) is 18.2. The molecule has 0 aliphatic carbocycles. The normalized spacial score (nSPS) is 16.9. The Morgan fingerprint density at radius 1 is 1.26 bits per heavy atom. The zero-order valence-electron chi connectivity index (χ0n) is 15.1. The zero-order chi connectivity index (χ0) is 18.6. The summed E-state index contributed by atoms with van der Waals surface area (Å²) in [5.74, 6) is 0.779. The molecule has 140 valence electrons. The van der Waals surface area contributed by atoms with Crippen LogP contribution in [0.4, 0.5) is 0 Å². The molecule has 0 saturated heterocycles. The van der Waals surface area contributed by atoms with Crippen molar-refractivity contribution in [3.8, 4) is 0 Å². The number of hydrogen-bond donors (Lipinski definition) is 0. The third-order valence-corrected chi connectivity index (χ3v) is 6.39. The highest BCUT2D eigenvalue weighted by Crippen LogP contribution is 2.34.